The van der Waals surface area contributed by atoms with Crippen molar-refractivity contribution < 1.29 is 14.4 Å². The van der Waals surface area contributed by atoms with E-state index >= 15 is 0 Å². The number of hydroxylamine groups is 2. The summed E-state index contributed by atoms with van der Waals surface area (Å²) in [6, 6.07) is 4.10. The number of hydrogen-bond donors (Lipinski definition) is 0. The first kappa shape index (κ1) is 18.4. The first-order valence-corrected chi connectivity index (χ1v) is 9.04. The molecule has 0 radical (unpaired) electrons. The normalized spacial score (nSPS) is 17.3. The molecule has 1 fully saturated rings. The summed E-state index contributed by atoms with van der Waals surface area (Å²) in [5, 5.41) is 5.41. The van der Waals surface area contributed by atoms with Crippen molar-refractivity contribution in [1.82, 2.24) is 29.2 Å². The molecule has 0 aromatic carbocycles. The Morgan fingerprint density at radius 3 is 2.89 bits per heavy atom. The number of morpholine rings is 1. The molecular formula is C18H23N7O3. The Morgan fingerprint density at radius 2 is 2.21 bits per heavy atom. The minimum atomic E-state index is -0.361. The zero-order valence-corrected chi connectivity index (χ0v) is 16.4. The number of aryl methyl sites for hydroxylation is 1. The second-order valence-corrected chi connectivity index (χ2v) is 6.73. The van der Waals surface area contributed by atoms with Crippen LogP contribution < -0.4 is 4.90 Å². The van der Waals surface area contributed by atoms with Gasteiger partial charge in [-0.2, -0.15) is 5.10 Å². The quantitative estimate of drug-likeness (QED) is 0.619. The van der Waals surface area contributed by atoms with Gasteiger partial charge in [0, 0.05) is 32.9 Å². The van der Waals surface area contributed by atoms with Gasteiger partial charge >= 0.3 is 0 Å². The SMILES string of the molecule is CON(C)C(=O)c1ncn2c(-c3ccnn3C)cc(N3CCOC[C@H]3C)nc12. The summed E-state index contributed by atoms with van der Waals surface area (Å²) in [5.74, 6) is 0.412. The van der Waals surface area contributed by atoms with Crippen LogP contribution in [0.1, 0.15) is 17.4 Å². The van der Waals surface area contributed by atoms with Crippen LogP contribution in [0.25, 0.3) is 17.0 Å². The number of hydrogen-bond acceptors (Lipinski definition) is 7. The van der Waals surface area contributed by atoms with Crippen LogP contribution in [0.3, 0.4) is 0 Å². The van der Waals surface area contributed by atoms with Crippen LogP contribution in [-0.2, 0) is 16.6 Å². The van der Waals surface area contributed by atoms with E-state index in [4.69, 9.17) is 14.6 Å². The minimum Gasteiger partial charge on any atom is -0.377 e. The van der Waals surface area contributed by atoms with Gasteiger partial charge in [-0.25, -0.2) is 15.0 Å². The Labute approximate surface area is 162 Å². The Bertz CT molecular complexity index is 1010. The van der Waals surface area contributed by atoms with Gasteiger partial charge in [-0.05, 0) is 13.0 Å². The van der Waals surface area contributed by atoms with Crippen LogP contribution in [0, 0.1) is 0 Å². The smallest absolute Gasteiger partial charge is 0.299 e. The van der Waals surface area contributed by atoms with Crippen molar-refractivity contribution in [3.63, 3.8) is 0 Å². The van der Waals surface area contributed by atoms with Gasteiger partial charge in [-0.3, -0.25) is 18.7 Å². The highest BCUT2D eigenvalue weighted by molar-refractivity contribution is 5.97. The van der Waals surface area contributed by atoms with Crippen LogP contribution in [0.4, 0.5) is 5.82 Å². The maximum Gasteiger partial charge on any atom is 0.299 e. The third kappa shape index (κ3) is 3.00. The molecule has 28 heavy (non-hydrogen) atoms. The summed E-state index contributed by atoms with van der Waals surface area (Å²) in [4.78, 5) is 29.0. The highest BCUT2D eigenvalue weighted by atomic mass is 16.7. The van der Waals surface area contributed by atoms with Crippen molar-refractivity contribution in [2.75, 3.05) is 38.8 Å². The fraction of sp³-hybridized carbons (Fsp3) is 0.444. The molecule has 3 aromatic rings. The highest BCUT2D eigenvalue weighted by Gasteiger charge is 2.26. The fourth-order valence-corrected chi connectivity index (χ4v) is 3.38. The molecule has 0 spiro atoms. The van der Waals surface area contributed by atoms with Crippen LogP contribution in [0.2, 0.25) is 0 Å². The number of amides is 1. The highest BCUT2D eigenvalue weighted by Crippen LogP contribution is 2.28. The minimum absolute atomic E-state index is 0.173. The van der Waals surface area contributed by atoms with E-state index in [1.54, 1.807) is 24.3 Å². The lowest BCUT2D eigenvalue weighted by Crippen LogP contribution is -2.44. The number of fused-ring (bicyclic) bond motifs is 1. The Kier molecular flexibility index (Phi) is 4.73. The van der Waals surface area contributed by atoms with Crippen LogP contribution in [-0.4, -0.2) is 75.1 Å². The lowest BCUT2D eigenvalue weighted by Gasteiger charge is -2.34. The maximum atomic E-state index is 12.7. The first-order valence-electron chi connectivity index (χ1n) is 9.04. The number of anilines is 1. The van der Waals surface area contributed by atoms with Crippen molar-refractivity contribution >= 4 is 17.4 Å². The van der Waals surface area contributed by atoms with Crippen LogP contribution >= 0.6 is 0 Å². The van der Waals surface area contributed by atoms with E-state index in [9.17, 15) is 4.79 Å². The standard InChI is InChI=1S/C18H23N7O3/c1-12-10-28-8-7-24(12)15-9-14(13-5-6-20-22(13)2)25-11-19-16(17(25)21-15)18(26)23(3)27-4/h5-6,9,11-12H,7-8,10H2,1-4H3/t12-/m1/s1. The average molecular weight is 385 g/mol. The second kappa shape index (κ2) is 7.21. The van der Waals surface area contributed by atoms with E-state index < -0.39 is 0 Å². The third-order valence-corrected chi connectivity index (χ3v) is 5.00. The summed E-state index contributed by atoms with van der Waals surface area (Å²) in [7, 11) is 4.86. The second-order valence-electron chi connectivity index (χ2n) is 6.73. The third-order valence-electron chi connectivity index (χ3n) is 5.00. The molecule has 1 atom stereocenters. The number of aromatic nitrogens is 5. The molecule has 0 saturated carbocycles. The number of imidazole rings is 1. The molecule has 1 saturated heterocycles. The summed E-state index contributed by atoms with van der Waals surface area (Å²) in [5.41, 5.74) is 2.45. The molecule has 10 heteroatoms. The van der Waals surface area contributed by atoms with Crippen molar-refractivity contribution in [3.8, 4) is 11.4 Å². The Hall–Kier alpha value is -2.98. The van der Waals surface area contributed by atoms with Gasteiger partial charge in [0.25, 0.3) is 5.91 Å². The predicted octanol–water partition coefficient (Wildman–Crippen LogP) is 0.988. The predicted molar refractivity (Wildman–Crippen MR) is 102 cm³/mol. The number of rotatable bonds is 4. The van der Waals surface area contributed by atoms with E-state index in [0.717, 1.165) is 28.8 Å². The number of nitrogens with zero attached hydrogens (tertiary/aromatic N) is 7. The Balaban J connectivity index is 1.93. The molecular weight excluding hydrogens is 362 g/mol. The van der Waals surface area contributed by atoms with E-state index in [2.05, 4.69) is 21.9 Å². The van der Waals surface area contributed by atoms with Gasteiger partial charge in [-0.15, -0.1) is 0 Å². The summed E-state index contributed by atoms with van der Waals surface area (Å²) < 4.78 is 9.15. The van der Waals surface area contributed by atoms with E-state index in [1.807, 2.05) is 23.6 Å². The summed E-state index contributed by atoms with van der Waals surface area (Å²) in [6.45, 7) is 4.08. The van der Waals surface area contributed by atoms with Crippen molar-refractivity contribution in [2.24, 2.45) is 7.05 Å². The largest absolute Gasteiger partial charge is 0.377 e. The molecule has 0 unspecified atom stereocenters. The monoisotopic (exact) mass is 385 g/mol. The lowest BCUT2D eigenvalue weighted by atomic mass is 10.2. The van der Waals surface area contributed by atoms with Crippen LogP contribution in [0.15, 0.2) is 24.7 Å². The molecule has 1 amide bonds. The molecule has 1 aliphatic rings. The topological polar surface area (TPSA) is 90.0 Å². The summed E-state index contributed by atoms with van der Waals surface area (Å²) >= 11 is 0. The van der Waals surface area contributed by atoms with Crippen molar-refractivity contribution in [1.29, 1.82) is 0 Å². The molecule has 4 rings (SSSR count). The molecule has 0 N–H and O–H groups in total. The first-order chi connectivity index (χ1) is 13.5. The molecule has 148 valence electrons. The number of carbonyl (C=O) groups excluding carboxylic acids is 1. The number of carbonyl (C=O) groups is 1. The van der Waals surface area contributed by atoms with Gasteiger partial charge in [-0.1, -0.05) is 0 Å². The molecule has 1 aliphatic heterocycles. The molecule has 0 bridgehead atoms. The molecule has 0 aliphatic carbocycles. The van der Waals surface area contributed by atoms with Gasteiger partial charge in [0.05, 0.1) is 37.8 Å². The average Bonchev–Trinajstić information content (AvgIpc) is 3.32. The van der Waals surface area contributed by atoms with Gasteiger partial charge < -0.3 is 9.64 Å². The molecule has 3 aromatic heterocycles. The van der Waals surface area contributed by atoms with E-state index in [1.165, 1.54) is 7.11 Å². The van der Waals surface area contributed by atoms with E-state index in [0.29, 0.717) is 18.9 Å². The maximum absolute atomic E-state index is 12.7. The van der Waals surface area contributed by atoms with Gasteiger partial charge in [0.2, 0.25) is 0 Å². The van der Waals surface area contributed by atoms with E-state index in [-0.39, 0.29) is 17.6 Å². The summed E-state index contributed by atoms with van der Waals surface area (Å²) in [6.07, 6.45) is 3.34. The molecule has 4 heterocycles. The Morgan fingerprint density at radius 1 is 1.39 bits per heavy atom. The lowest BCUT2D eigenvalue weighted by molar-refractivity contribution is -0.0759. The van der Waals surface area contributed by atoms with Gasteiger partial charge in [0.1, 0.15) is 12.1 Å². The van der Waals surface area contributed by atoms with Crippen LogP contribution in [0.5, 0.6) is 0 Å². The zero-order valence-electron chi connectivity index (χ0n) is 16.4. The molecule has 10 nitrogen and oxygen atoms in total. The number of ether oxygens (including phenoxy) is 1. The zero-order chi connectivity index (χ0) is 19.8. The fourth-order valence-electron chi connectivity index (χ4n) is 3.38. The van der Waals surface area contributed by atoms with Crippen molar-refractivity contribution in [2.45, 2.75) is 13.0 Å². The van der Waals surface area contributed by atoms with Gasteiger partial charge in [0.15, 0.2) is 11.3 Å². The van der Waals surface area contributed by atoms with Crippen molar-refractivity contribution in [3.05, 3.63) is 30.4 Å².